The molecule has 8 heteroatoms. The van der Waals surface area contributed by atoms with Gasteiger partial charge in [-0.1, -0.05) is 17.9 Å². The number of nitrogens with one attached hydrogen (secondary N) is 1. The molecule has 0 amide bonds. The minimum atomic E-state index is -0.449. The summed E-state index contributed by atoms with van der Waals surface area (Å²) in [7, 11) is 0. The molecule has 0 aromatic carbocycles. The summed E-state index contributed by atoms with van der Waals surface area (Å²) in [5.41, 5.74) is 0.192. The molecule has 24 heavy (non-hydrogen) atoms. The van der Waals surface area contributed by atoms with Crippen LogP contribution in [-0.4, -0.2) is 27.3 Å². The van der Waals surface area contributed by atoms with Crippen molar-refractivity contribution in [2.75, 3.05) is 6.61 Å². The van der Waals surface area contributed by atoms with Crippen molar-refractivity contribution in [2.45, 2.75) is 13.8 Å². The Balaban J connectivity index is 2.09. The molecule has 0 aliphatic heterocycles. The predicted octanol–water partition coefficient (Wildman–Crippen LogP) is 0.939. The van der Waals surface area contributed by atoms with Crippen molar-refractivity contribution in [3.8, 4) is 5.13 Å². The van der Waals surface area contributed by atoms with Crippen molar-refractivity contribution in [1.82, 2.24) is 14.8 Å². The van der Waals surface area contributed by atoms with Gasteiger partial charge < -0.3 is 9.15 Å². The molecule has 0 atom stereocenters. The van der Waals surface area contributed by atoms with Gasteiger partial charge in [0.2, 0.25) is 5.13 Å². The predicted molar refractivity (Wildman–Crippen MR) is 89.8 cm³/mol. The average molecular weight is 345 g/mol. The number of furan rings is 1. The Morgan fingerprint density at radius 1 is 1.58 bits per heavy atom. The van der Waals surface area contributed by atoms with Crippen molar-refractivity contribution in [1.29, 1.82) is 0 Å². The molecule has 3 aromatic rings. The highest BCUT2D eigenvalue weighted by atomic mass is 32.1. The summed E-state index contributed by atoms with van der Waals surface area (Å²) < 4.78 is 11.5. The number of aromatic amines is 1. The second-order valence-electron chi connectivity index (χ2n) is 4.94. The standard InChI is InChI=1S/C16H15N3O4S/c1-4-22-15(21)13-10(3)17-16(24-13)19-14(20)12(9(2)18-19)8-11-6-5-7-23-11/h5-8,18H,2,4H2,1,3H3. The second kappa shape index (κ2) is 6.32. The van der Waals surface area contributed by atoms with Crippen LogP contribution >= 0.6 is 11.3 Å². The quantitative estimate of drug-likeness (QED) is 0.711. The maximum atomic E-state index is 12.6. The van der Waals surface area contributed by atoms with Crippen LogP contribution in [0.5, 0.6) is 0 Å². The lowest BCUT2D eigenvalue weighted by Gasteiger charge is -1.97. The van der Waals surface area contributed by atoms with Crippen LogP contribution < -0.4 is 16.1 Å². The summed E-state index contributed by atoms with van der Waals surface area (Å²) in [6.07, 6.45) is 3.12. The lowest BCUT2D eigenvalue weighted by Crippen LogP contribution is -2.33. The van der Waals surface area contributed by atoms with Gasteiger partial charge >= 0.3 is 5.97 Å². The molecule has 1 N–H and O–H groups in total. The van der Waals surface area contributed by atoms with Gasteiger partial charge in [0.05, 0.1) is 29.1 Å². The number of carbonyl (C=O) groups excluding carboxylic acids is 1. The van der Waals surface area contributed by atoms with Crippen molar-refractivity contribution < 1.29 is 13.9 Å². The van der Waals surface area contributed by atoms with Gasteiger partial charge in [-0.3, -0.25) is 9.89 Å². The molecule has 7 nitrogen and oxygen atoms in total. The lowest BCUT2D eigenvalue weighted by atomic mass is 10.3. The van der Waals surface area contributed by atoms with Gasteiger partial charge in [0.15, 0.2) is 0 Å². The summed E-state index contributed by atoms with van der Waals surface area (Å²) in [5.74, 6) is 0.0984. The molecule has 0 aliphatic carbocycles. The van der Waals surface area contributed by atoms with E-state index in [-0.39, 0.29) is 12.2 Å². The van der Waals surface area contributed by atoms with Gasteiger partial charge in [0, 0.05) is 0 Å². The van der Waals surface area contributed by atoms with Crippen LogP contribution in [0.1, 0.15) is 28.0 Å². The van der Waals surface area contributed by atoms with Gasteiger partial charge in [0.25, 0.3) is 5.56 Å². The zero-order chi connectivity index (χ0) is 17.3. The van der Waals surface area contributed by atoms with Crippen molar-refractivity contribution >= 4 is 30.0 Å². The van der Waals surface area contributed by atoms with E-state index in [1.165, 1.54) is 10.9 Å². The van der Waals surface area contributed by atoms with Crippen LogP contribution in [0.3, 0.4) is 0 Å². The number of aryl methyl sites for hydroxylation is 1. The number of thiazole rings is 1. The number of H-pyrrole nitrogens is 1. The fourth-order valence-corrected chi connectivity index (χ4v) is 3.08. The number of rotatable bonds is 4. The molecule has 3 heterocycles. The number of hydrogen-bond donors (Lipinski definition) is 1. The van der Waals surface area contributed by atoms with E-state index in [0.717, 1.165) is 11.3 Å². The third-order valence-electron chi connectivity index (χ3n) is 3.27. The molecule has 0 saturated heterocycles. The summed E-state index contributed by atoms with van der Waals surface area (Å²) in [6, 6.07) is 3.47. The molecule has 3 aromatic heterocycles. The Morgan fingerprint density at radius 2 is 2.38 bits per heavy atom. The minimum absolute atomic E-state index is 0.277. The monoisotopic (exact) mass is 345 g/mol. The average Bonchev–Trinajstić information content (AvgIpc) is 3.24. The normalized spacial score (nSPS) is 11.8. The van der Waals surface area contributed by atoms with Gasteiger partial charge in [-0.2, -0.15) is 4.68 Å². The van der Waals surface area contributed by atoms with E-state index < -0.39 is 5.97 Å². The smallest absolute Gasteiger partial charge is 0.350 e. The first-order chi connectivity index (χ1) is 11.5. The first-order valence-corrected chi connectivity index (χ1v) is 8.03. The number of esters is 1. The Morgan fingerprint density at radius 3 is 3.04 bits per heavy atom. The Labute approximate surface area is 140 Å². The van der Waals surface area contributed by atoms with Crippen LogP contribution in [0.4, 0.5) is 0 Å². The molecular weight excluding hydrogens is 330 g/mol. The number of ether oxygens (including phenoxy) is 1. The van der Waals surface area contributed by atoms with Crippen molar-refractivity contribution in [2.24, 2.45) is 0 Å². The largest absolute Gasteiger partial charge is 0.465 e. The van der Waals surface area contributed by atoms with Crippen LogP contribution in [-0.2, 0) is 4.74 Å². The van der Waals surface area contributed by atoms with Crippen LogP contribution in [0.2, 0.25) is 0 Å². The van der Waals surface area contributed by atoms with E-state index in [4.69, 9.17) is 9.15 Å². The fourth-order valence-electron chi connectivity index (χ4n) is 2.16. The Bertz CT molecular complexity index is 1040. The zero-order valence-corrected chi connectivity index (χ0v) is 14.0. The molecule has 0 bridgehead atoms. The summed E-state index contributed by atoms with van der Waals surface area (Å²) in [4.78, 5) is 29.2. The summed E-state index contributed by atoms with van der Waals surface area (Å²) in [5, 5.41) is 4.02. The Hall–Kier alpha value is -2.87. The maximum Gasteiger partial charge on any atom is 0.350 e. The van der Waals surface area contributed by atoms with Gasteiger partial charge in [-0.05, 0) is 32.1 Å². The summed E-state index contributed by atoms with van der Waals surface area (Å²) >= 11 is 1.09. The van der Waals surface area contributed by atoms with E-state index in [0.29, 0.717) is 32.0 Å². The molecule has 0 radical (unpaired) electrons. The topological polar surface area (TPSA) is 90.1 Å². The molecule has 0 fully saturated rings. The highest BCUT2D eigenvalue weighted by Gasteiger charge is 2.18. The first-order valence-electron chi connectivity index (χ1n) is 7.21. The van der Waals surface area contributed by atoms with E-state index in [1.54, 1.807) is 32.1 Å². The SMILES string of the molecule is C=c1[nH]n(-c2nc(C)c(C(=O)OCC)s2)c(=O)c1=Cc1ccco1. The first kappa shape index (κ1) is 16.0. The number of nitrogens with zero attached hydrogens (tertiary/aromatic N) is 2. The molecule has 0 unspecified atom stereocenters. The highest BCUT2D eigenvalue weighted by Crippen LogP contribution is 2.20. The minimum Gasteiger partial charge on any atom is -0.465 e. The van der Waals surface area contributed by atoms with Gasteiger partial charge in [0.1, 0.15) is 10.6 Å². The second-order valence-corrected chi connectivity index (χ2v) is 5.91. The third kappa shape index (κ3) is 2.83. The van der Waals surface area contributed by atoms with E-state index in [1.807, 2.05) is 0 Å². The van der Waals surface area contributed by atoms with Gasteiger partial charge in [-0.15, -0.1) is 0 Å². The molecule has 0 saturated carbocycles. The summed E-state index contributed by atoms with van der Waals surface area (Å²) in [6.45, 7) is 7.54. The molecule has 3 rings (SSSR count). The van der Waals surface area contributed by atoms with Crippen molar-refractivity contribution in [3.63, 3.8) is 0 Å². The molecule has 0 aliphatic rings. The Kier molecular flexibility index (Phi) is 4.22. The fraction of sp³-hybridized carbons (Fsp3) is 0.188. The van der Waals surface area contributed by atoms with Crippen LogP contribution in [0.25, 0.3) is 17.8 Å². The highest BCUT2D eigenvalue weighted by molar-refractivity contribution is 7.16. The van der Waals surface area contributed by atoms with E-state index in [9.17, 15) is 9.59 Å². The van der Waals surface area contributed by atoms with Crippen molar-refractivity contribution in [3.05, 3.63) is 55.6 Å². The number of aromatic nitrogens is 3. The molecule has 0 spiro atoms. The molecular formula is C16H15N3O4S. The lowest BCUT2D eigenvalue weighted by molar-refractivity contribution is 0.0531. The van der Waals surface area contributed by atoms with E-state index >= 15 is 0 Å². The van der Waals surface area contributed by atoms with E-state index in [2.05, 4.69) is 16.7 Å². The zero-order valence-electron chi connectivity index (χ0n) is 13.2. The van der Waals surface area contributed by atoms with Crippen LogP contribution in [0.15, 0.2) is 27.6 Å². The van der Waals surface area contributed by atoms with Crippen LogP contribution in [0, 0.1) is 6.92 Å². The molecule has 124 valence electrons. The number of hydrogen-bond acceptors (Lipinski definition) is 6. The van der Waals surface area contributed by atoms with Gasteiger partial charge in [-0.25, -0.2) is 9.78 Å². The third-order valence-corrected chi connectivity index (χ3v) is 4.40. The maximum absolute atomic E-state index is 12.6. The number of carbonyl (C=O) groups is 1.